The summed E-state index contributed by atoms with van der Waals surface area (Å²) in [6.07, 6.45) is 0.914. The molecule has 6 heteroatoms. The molecule has 1 aliphatic heterocycles. The predicted octanol–water partition coefficient (Wildman–Crippen LogP) is 4.00. The summed E-state index contributed by atoms with van der Waals surface area (Å²) in [6.45, 7) is 0.693. The van der Waals surface area contributed by atoms with Gasteiger partial charge >= 0.3 is 0 Å². The molecule has 1 amide bonds. The lowest BCUT2D eigenvalue weighted by atomic mass is 10.2. The highest BCUT2D eigenvalue weighted by Gasteiger charge is 2.15. The fourth-order valence-electron chi connectivity index (χ4n) is 3.67. The summed E-state index contributed by atoms with van der Waals surface area (Å²) in [7, 11) is 0. The minimum Gasteiger partial charge on any atom is -0.454 e. The van der Waals surface area contributed by atoms with Crippen LogP contribution in [0.2, 0.25) is 0 Å². The van der Waals surface area contributed by atoms with Crippen molar-refractivity contribution in [2.45, 2.75) is 19.4 Å². The van der Waals surface area contributed by atoms with E-state index in [2.05, 4.69) is 28.1 Å². The maximum absolute atomic E-state index is 12.5. The molecule has 6 nitrogen and oxygen atoms in total. The highest BCUT2D eigenvalue weighted by Crippen LogP contribution is 2.32. The van der Waals surface area contributed by atoms with Crippen molar-refractivity contribution in [1.29, 1.82) is 0 Å². The molecule has 150 valence electrons. The van der Waals surface area contributed by atoms with Crippen molar-refractivity contribution in [1.82, 2.24) is 14.9 Å². The number of aryl methyl sites for hydroxylation is 1. The number of hydrogen-bond acceptors (Lipinski definition) is 4. The minimum absolute atomic E-state index is 0.0145. The topological polar surface area (TPSA) is 65.4 Å². The molecule has 1 aliphatic rings. The summed E-state index contributed by atoms with van der Waals surface area (Å²) in [5.74, 6) is 2.32. The van der Waals surface area contributed by atoms with E-state index in [0.717, 1.165) is 39.6 Å². The van der Waals surface area contributed by atoms with Gasteiger partial charge in [-0.15, -0.1) is 0 Å². The molecule has 0 saturated heterocycles. The summed E-state index contributed by atoms with van der Waals surface area (Å²) in [6, 6.07) is 23.8. The van der Waals surface area contributed by atoms with E-state index in [4.69, 9.17) is 14.5 Å². The third-order valence-electron chi connectivity index (χ3n) is 5.15. The van der Waals surface area contributed by atoms with Crippen LogP contribution in [0.25, 0.3) is 16.7 Å². The van der Waals surface area contributed by atoms with E-state index in [0.29, 0.717) is 19.4 Å². The number of imidazole rings is 1. The maximum Gasteiger partial charge on any atom is 0.231 e. The Hall–Kier alpha value is -3.80. The van der Waals surface area contributed by atoms with Crippen LogP contribution in [0.15, 0.2) is 72.8 Å². The third-order valence-corrected chi connectivity index (χ3v) is 5.15. The molecule has 1 N–H and O–H groups in total. The van der Waals surface area contributed by atoms with Crippen LogP contribution in [0.4, 0.5) is 0 Å². The number of aromatic nitrogens is 2. The van der Waals surface area contributed by atoms with Gasteiger partial charge in [-0.1, -0.05) is 36.4 Å². The normalized spacial score (nSPS) is 12.3. The van der Waals surface area contributed by atoms with E-state index in [1.54, 1.807) is 0 Å². The highest BCUT2D eigenvalue weighted by atomic mass is 16.7. The zero-order valence-corrected chi connectivity index (χ0v) is 16.4. The van der Waals surface area contributed by atoms with E-state index in [1.807, 2.05) is 54.6 Å². The van der Waals surface area contributed by atoms with Gasteiger partial charge in [-0.2, -0.15) is 0 Å². The number of ether oxygens (including phenoxy) is 2. The Labute approximate surface area is 174 Å². The van der Waals surface area contributed by atoms with Crippen LogP contribution < -0.4 is 14.8 Å². The number of carbonyl (C=O) groups is 1. The number of fused-ring (bicyclic) bond motifs is 2. The van der Waals surface area contributed by atoms with Gasteiger partial charge in [-0.25, -0.2) is 4.98 Å². The quantitative estimate of drug-likeness (QED) is 0.532. The SMILES string of the molecule is O=C(CCc1nc2ccccc2n1-c1ccccc1)NCc1ccc2c(c1)OCO2. The van der Waals surface area contributed by atoms with Gasteiger partial charge in [0.25, 0.3) is 0 Å². The van der Waals surface area contributed by atoms with Crippen molar-refractivity contribution in [2.75, 3.05) is 6.79 Å². The molecule has 4 aromatic rings. The molecule has 0 aliphatic carbocycles. The summed E-state index contributed by atoms with van der Waals surface area (Å²) >= 11 is 0. The molecule has 0 spiro atoms. The summed E-state index contributed by atoms with van der Waals surface area (Å²) in [4.78, 5) is 17.3. The van der Waals surface area contributed by atoms with Gasteiger partial charge < -0.3 is 14.8 Å². The van der Waals surface area contributed by atoms with Crippen molar-refractivity contribution in [3.8, 4) is 17.2 Å². The Morgan fingerprint density at radius 1 is 0.967 bits per heavy atom. The number of nitrogens with one attached hydrogen (secondary N) is 1. The molecule has 30 heavy (non-hydrogen) atoms. The minimum atomic E-state index is -0.0145. The first-order chi connectivity index (χ1) is 14.8. The molecule has 1 aromatic heterocycles. The van der Waals surface area contributed by atoms with Crippen molar-refractivity contribution in [2.24, 2.45) is 0 Å². The Balaban J connectivity index is 1.28. The highest BCUT2D eigenvalue weighted by molar-refractivity contribution is 5.79. The third kappa shape index (κ3) is 3.59. The summed E-state index contributed by atoms with van der Waals surface area (Å²) in [5.41, 5.74) is 3.99. The standard InChI is InChI=1S/C24H21N3O3/c28-24(25-15-17-10-11-21-22(14-17)30-16-29-21)13-12-23-26-19-8-4-5-9-20(19)27(23)18-6-2-1-3-7-18/h1-11,14H,12-13,15-16H2,(H,25,28). The zero-order valence-electron chi connectivity index (χ0n) is 16.4. The first-order valence-corrected chi connectivity index (χ1v) is 9.95. The second kappa shape index (κ2) is 7.91. The number of para-hydroxylation sites is 3. The lowest BCUT2D eigenvalue weighted by molar-refractivity contribution is -0.121. The Kier molecular flexibility index (Phi) is 4.81. The number of amides is 1. The van der Waals surface area contributed by atoms with Gasteiger partial charge in [0, 0.05) is 25.1 Å². The fraction of sp³-hybridized carbons (Fsp3) is 0.167. The van der Waals surface area contributed by atoms with Crippen LogP contribution in [0.1, 0.15) is 17.8 Å². The number of carbonyl (C=O) groups excluding carboxylic acids is 1. The monoisotopic (exact) mass is 399 g/mol. The summed E-state index contributed by atoms with van der Waals surface area (Å²) in [5, 5.41) is 2.98. The van der Waals surface area contributed by atoms with E-state index in [9.17, 15) is 4.79 Å². The van der Waals surface area contributed by atoms with Crippen molar-refractivity contribution >= 4 is 16.9 Å². The first-order valence-electron chi connectivity index (χ1n) is 9.95. The van der Waals surface area contributed by atoms with Crippen LogP contribution in [0.3, 0.4) is 0 Å². The van der Waals surface area contributed by atoms with E-state index in [-0.39, 0.29) is 12.7 Å². The smallest absolute Gasteiger partial charge is 0.231 e. The number of rotatable bonds is 6. The van der Waals surface area contributed by atoms with Gasteiger partial charge in [0.05, 0.1) is 11.0 Å². The van der Waals surface area contributed by atoms with Crippen molar-refractivity contribution in [3.63, 3.8) is 0 Å². The van der Waals surface area contributed by atoms with Crippen LogP contribution in [-0.4, -0.2) is 22.3 Å². The van der Waals surface area contributed by atoms with Gasteiger partial charge in [0.2, 0.25) is 12.7 Å². The molecule has 0 unspecified atom stereocenters. The van der Waals surface area contributed by atoms with E-state index >= 15 is 0 Å². The molecule has 0 bridgehead atoms. The lowest BCUT2D eigenvalue weighted by Gasteiger charge is -2.10. The second-order valence-electron chi connectivity index (χ2n) is 7.15. The number of hydrogen-bond donors (Lipinski definition) is 1. The van der Waals surface area contributed by atoms with Crippen LogP contribution in [0, 0.1) is 0 Å². The number of nitrogens with zero attached hydrogens (tertiary/aromatic N) is 2. The molecule has 0 saturated carbocycles. The summed E-state index contributed by atoms with van der Waals surface area (Å²) < 4.78 is 12.8. The van der Waals surface area contributed by atoms with E-state index in [1.165, 1.54) is 0 Å². The zero-order chi connectivity index (χ0) is 20.3. The van der Waals surface area contributed by atoms with Crippen molar-refractivity contribution < 1.29 is 14.3 Å². The van der Waals surface area contributed by atoms with Gasteiger partial charge in [-0.3, -0.25) is 9.36 Å². The molecule has 5 rings (SSSR count). The van der Waals surface area contributed by atoms with Gasteiger partial charge in [0.15, 0.2) is 11.5 Å². The predicted molar refractivity (Wildman–Crippen MR) is 114 cm³/mol. The molecular weight excluding hydrogens is 378 g/mol. The van der Waals surface area contributed by atoms with Crippen LogP contribution in [-0.2, 0) is 17.8 Å². The fourth-order valence-corrected chi connectivity index (χ4v) is 3.67. The maximum atomic E-state index is 12.5. The van der Waals surface area contributed by atoms with Crippen LogP contribution in [0.5, 0.6) is 11.5 Å². The molecule has 2 heterocycles. The molecular formula is C24H21N3O3. The molecule has 3 aromatic carbocycles. The Morgan fingerprint density at radius 2 is 1.77 bits per heavy atom. The van der Waals surface area contributed by atoms with Gasteiger partial charge in [-0.05, 0) is 42.0 Å². The average Bonchev–Trinajstić information content (AvgIpc) is 3.40. The molecule has 0 radical (unpaired) electrons. The second-order valence-corrected chi connectivity index (χ2v) is 7.15. The van der Waals surface area contributed by atoms with Crippen LogP contribution >= 0.6 is 0 Å². The Bertz CT molecular complexity index is 1200. The molecule has 0 fully saturated rings. The van der Waals surface area contributed by atoms with E-state index < -0.39 is 0 Å². The first kappa shape index (κ1) is 18.2. The average molecular weight is 399 g/mol. The van der Waals surface area contributed by atoms with Gasteiger partial charge in [0.1, 0.15) is 5.82 Å². The number of benzene rings is 3. The molecule has 0 atom stereocenters. The van der Waals surface area contributed by atoms with Crippen molar-refractivity contribution in [3.05, 3.63) is 84.2 Å². The largest absolute Gasteiger partial charge is 0.454 e. The Morgan fingerprint density at radius 3 is 2.67 bits per heavy atom. The lowest BCUT2D eigenvalue weighted by Crippen LogP contribution is -2.23.